The third kappa shape index (κ3) is 3.05. The quantitative estimate of drug-likeness (QED) is 0.882. The fourth-order valence-corrected chi connectivity index (χ4v) is 2.33. The summed E-state index contributed by atoms with van der Waals surface area (Å²) in [5, 5.41) is 2.49. The summed E-state index contributed by atoms with van der Waals surface area (Å²) in [6.45, 7) is 0.0139. The summed E-state index contributed by atoms with van der Waals surface area (Å²) < 4.78 is 49.2. The Morgan fingerprint density at radius 1 is 1.13 bits per heavy atom. The third-order valence-electron chi connectivity index (χ3n) is 3.19. The maximum Gasteiger partial charge on any atom is 0.417 e. The van der Waals surface area contributed by atoms with Crippen molar-refractivity contribution in [2.75, 3.05) is 12.1 Å². The van der Waals surface area contributed by atoms with E-state index < -0.39 is 23.2 Å². The van der Waals surface area contributed by atoms with Crippen LogP contribution in [-0.4, -0.2) is 12.7 Å². The summed E-state index contributed by atoms with van der Waals surface area (Å²) in [4.78, 5) is 12.2. The molecule has 8 heteroatoms. The van der Waals surface area contributed by atoms with E-state index in [1.165, 1.54) is 24.3 Å². The maximum atomic E-state index is 13.0. The molecule has 0 spiro atoms. The van der Waals surface area contributed by atoms with Gasteiger partial charge in [-0.3, -0.25) is 4.79 Å². The molecular weight excluding hydrogens is 335 g/mol. The van der Waals surface area contributed by atoms with E-state index in [9.17, 15) is 18.0 Å². The second-order valence-electron chi connectivity index (χ2n) is 4.68. The van der Waals surface area contributed by atoms with Crippen molar-refractivity contribution in [3.05, 3.63) is 52.5 Å². The smallest absolute Gasteiger partial charge is 0.417 e. The lowest BCUT2D eigenvalue weighted by Crippen LogP contribution is -2.18. The van der Waals surface area contributed by atoms with Crippen LogP contribution in [0.5, 0.6) is 11.5 Å². The Labute approximate surface area is 133 Å². The van der Waals surface area contributed by atoms with Crippen LogP contribution < -0.4 is 14.8 Å². The van der Waals surface area contributed by atoms with Crippen molar-refractivity contribution >= 4 is 23.2 Å². The normalized spacial score (nSPS) is 13.0. The van der Waals surface area contributed by atoms with E-state index in [1.54, 1.807) is 0 Å². The largest absolute Gasteiger partial charge is 0.454 e. The number of hydrogen-bond donors (Lipinski definition) is 1. The van der Waals surface area contributed by atoms with Crippen molar-refractivity contribution in [3.63, 3.8) is 0 Å². The molecule has 4 nitrogen and oxygen atoms in total. The molecule has 23 heavy (non-hydrogen) atoms. The molecule has 0 saturated heterocycles. The summed E-state index contributed by atoms with van der Waals surface area (Å²) in [5.41, 5.74) is -1.37. The molecule has 0 fully saturated rings. The predicted octanol–water partition coefficient (Wildman–Crippen LogP) is 4.34. The van der Waals surface area contributed by atoms with Crippen LogP contribution in [-0.2, 0) is 6.18 Å². The molecule has 0 radical (unpaired) electrons. The maximum absolute atomic E-state index is 13.0. The van der Waals surface area contributed by atoms with E-state index >= 15 is 0 Å². The first-order valence-electron chi connectivity index (χ1n) is 6.43. The minimum absolute atomic E-state index is 0.0139. The molecule has 3 rings (SSSR count). The van der Waals surface area contributed by atoms with Gasteiger partial charge in [0.05, 0.1) is 21.8 Å². The molecule has 2 aromatic carbocycles. The zero-order chi connectivity index (χ0) is 16.6. The SMILES string of the molecule is O=C(Nc1cc2c(cc1Cl)OCO2)c1ccccc1C(F)(F)F. The van der Waals surface area contributed by atoms with Gasteiger partial charge in [-0.25, -0.2) is 0 Å². The second-order valence-corrected chi connectivity index (χ2v) is 5.09. The highest BCUT2D eigenvalue weighted by Gasteiger charge is 2.35. The van der Waals surface area contributed by atoms with E-state index in [-0.39, 0.29) is 17.5 Å². The standard InChI is InChI=1S/C15H9ClF3NO3/c16-10-5-12-13(23-7-22-12)6-11(10)20-14(21)8-3-1-2-4-9(8)15(17,18)19/h1-6H,7H2,(H,20,21). The van der Waals surface area contributed by atoms with Crippen molar-refractivity contribution in [2.24, 2.45) is 0 Å². The number of carbonyl (C=O) groups is 1. The Hall–Kier alpha value is -2.41. The van der Waals surface area contributed by atoms with Gasteiger partial charge in [-0.15, -0.1) is 0 Å². The molecule has 120 valence electrons. The lowest BCUT2D eigenvalue weighted by molar-refractivity contribution is -0.137. The molecule has 1 amide bonds. The summed E-state index contributed by atoms with van der Waals surface area (Å²) >= 11 is 6.00. The number of carbonyl (C=O) groups excluding carboxylic acids is 1. The van der Waals surface area contributed by atoms with Crippen LogP contribution in [0.4, 0.5) is 18.9 Å². The average Bonchev–Trinajstić information content (AvgIpc) is 2.93. The van der Waals surface area contributed by atoms with Gasteiger partial charge in [0.1, 0.15) is 0 Å². The first-order chi connectivity index (χ1) is 10.9. The zero-order valence-electron chi connectivity index (χ0n) is 11.4. The number of nitrogens with one attached hydrogen (secondary N) is 1. The molecule has 0 bridgehead atoms. The molecular formula is C15H9ClF3NO3. The van der Waals surface area contributed by atoms with Crippen molar-refractivity contribution in [2.45, 2.75) is 6.18 Å². The topological polar surface area (TPSA) is 47.6 Å². The molecule has 0 saturated carbocycles. The summed E-state index contributed by atoms with van der Waals surface area (Å²) in [6.07, 6.45) is -4.63. The van der Waals surface area contributed by atoms with E-state index in [0.29, 0.717) is 11.5 Å². The first-order valence-corrected chi connectivity index (χ1v) is 6.81. The average molecular weight is 344 g/mol. The second kappa shape index (κ2) is 5.66. The van der Waals surface area contributed by atoms with Crippen LogP contribution >= 0.6 is 11.6 Å². The lowest BCUT2D eigenvalue weighted by atomic mass is 10.1. The van der Waals surface area contributed by atoms with Gasteiger partial charge in [0.15, 0.2) is 11.5 Å². The van der Waals surface area contributed by atoms with Gasteiger partial charge in [0.25, 0.3) is 5.91 Å². The van der Waals surface area contributed by atoms with Crippen molar-refractivity contribution < 1.29 is 27.4 Å². The number of alkyl halides is 3. The summed E-state index contributed by atoms with van der Waals surface area (Å²) in [5.74, 6) is -0.156. The minimum Gasteiger partial charge on any atom is -0.454 e. The number of anilines is 1. The van der Waals surface area contributed by atoms with Gasteiger partial charge in [0, 0.05) is 12.1 Å². The van der Waals surface area contributed by atoms with E-state index in [2.05, 4.69) is 5.32 Å². The molecule has 1 N–H and O–H groups in total. The van der Waals surface area contributed by atoms with Crippen molar-refractivity contribution in [1.82, 2.24) is 0 Å². The number of rotatable bonds is 2. The van der Waals surface area contributed by atoms with Crippen molar-refractivity contribution in [1.29, 1.82) is 0 Å². The van der Waals surface area contributed by atoms with Gasteiger partial charge in [-0.2, -0.15) is 13.2 Å². The monoisotopic (exact) mass is 343 g/mol. The molecule has 1 heterocycles. The Bertz CT molecular complexity index is 777. The number of fused-ring (bicyclic) bond motifs is 1. The Morgan fingerprint density at radius 3 is 2.48 bits per heavy atom. The lowest BCUT2D eigenvalue weighted by Gasteiger charge is -2.13. The Morgan fingerprint density at radius 2 is 1.78 bits per heavy atom. The molecule has 0 atom stereocenters. The molecule has 1 aliphatic rings. The van der Waals surface area contributed by atoms with Crippen molar-refractivity contribution in [3.8, 4) is 11.5 Å². The van der Waals surface area contributed by atoms with Gasteiger partial charge >= 0.3 is 6.18 Å². The highest BCUT2D eigenvalue weighted by atomic mass is 35.5. The fourth-order valence-electron chi connectivity index (χ4n) is 2.13. The first kappa shape index (κ1) is 15.5. The number of hydrogen-bond acceptors (Lipinski definition) is 3. The molecule has 1 aliphatic heterocycles. The number of halogens is 4. The number of benzene rings is 2. The number of amides is 1. The Balaban J connectivity index is 1.92. The highest BCUT2D eigenvalue weighted by Crippen LogP contribution is 2.39. The van der Waals surface area contributed by atoms with Crippen LogP contribution in [0.3, 0.4) is 0 Å². The fraction of sp³-hybridized carbons (Fsp3) is 0.133. The summed E-state index contributed by atoms with van der Waals surface area (Å²) in [6, 6.07) is 7.34. The molecule has 0 aliphatic carbocycles. The van der Waals surface area contributed by atoms with Crippen LogP contribution in [0.2, 0.25) is 5.02 Å². The predicted molar refractivity (Wildman–Crippen MR) is 77.0 cm³/mol. The Kier molecular flexibility index (Phi) is 3.81. The van der Waals surface area contributed by atoms with E-state index in [1.807, 2.05) is 0 Å². The number of ether oxygens (including phenoxy) is 2. The van der Waals surface area contributed by atoms with E-state index in [0.717, 1.165) is 12.1 Å². The highest BCUT2D eigenvalue weighted by molar-refractivity contribution is 6.34. The van der Waals surface area contributed by atoms with Crippen LogP contribution in [0.1, 0.15) is 15.9 Å². The molecule has 0 aromatic heterocycles. The summed E-state index contributed by atoms with van der Waals surface area (Å²) in [7, 11) is 0. The van der Waals surface area contributed by atoms with Gasteiger partial charge in [-0.1, -0.05) is 23.7 Å². The van der Waals surface area contributed by atoms with Gasteiger partial charge in [-0.05, 0) is 12.1 Å². The molecule has 0 unspecified atom stereocenters. The van der Waals surface area contributed by atoms with Crippen LogP contribution in [0, 0.1) is 0 Å². The van der Waals surface area contributed by atoms with Crippen LogP contribution in [0.15, 0.2) is 36.4 Å². The zero-order valence-corrected chi connectivity index (χ0v) is 12.2. The molecule has 2 aromatic rings. The van der Waals surface area contributed by atoms with E-state index in [4.69, 9.17) is 21.1 Å². The third-order valence-corrected chi connectivity index (χ3v) is 3.50. The van der Waals surface area contributed by atoms with Gasteiger partial charge < -0.3 is 14.8 Å². The minimum atomic E-state index is -4.63. The van der Waals surface area contributed by atoms with Crippen LogP contribution in [0.25, 0.3) is 0 Å². The van der Waals surface area contributed by atoms with Gasteiger partial charge in [0.2, 0.25) is 6.79 Å².